The molecule has 0 amide bonds. The Labute approximate surface area is 230 Å². The largest absolute Gasteiger partial charge is 0.494 e. The van der Waals surface area contributed by atoms with Gasteiger partial charge in [0.25, 0.3) is 0 Å². The lowest BCUT2D eigenvalue weighted by atomic mass is 9.78. The molecule has 0 aliphatic carbocycles. The van der Waals surface area contributed by atoms with Gasteiger partial charge in [0, 0.05) is 16.7 Å². The molecule has 0 bridgehead atoms. The summed E-state index contributed by atoms with van der Waals surface area (Å²) in [5, 5.41) is 1.29. The highest BCUT2D eigenvalue weighted by molar-refractivity contribution is 7.70. The van der Waals surface area contributed by atoms with E-state index in [0.29, 0.717) is 0 Å². The summed E-state index contributed by atoms with van der Waals surface area (Å²) in [6, 6.07) is 28.3. The van der Waals surface area contributed by atoms with Gasteiger partial charge < -0.3 is 9.31 Å². The van der Waals surface area contributed by atoms with Gasteiger partial charge in [-0.05, 0) is 76.8 Å². The number of nitrogens with zero attached hydrogens (tertiary/aromatic N) is 2. The van der Waals surface area contributed by atoms with Crippen LogP contribution in [-0.4, -0.2) is 18.3 Å². The van der Waals surface area contributed by atoms with Gasteiger partial charge in [-0.1, -0.05) is 80.1 Å². The lowest BCUT2D eigenvalue weighted by Gasteiger charge is -2.33. The van der Waals surface area contributed by atoms with Crippen LogP contribution in [0.15, 0.2) is 103 Å². The van der Waals surface area contributed by atoms with E-state index in [9.17, 15) is 0 Å². The summed E-state index contributed by atoms with van der Waals surface area (Å²) in [6.07, 6.45) is 8.99. The first kappa shape index (κ1) is 26.7. The molecule has 2 aliphatic heterocycles. The van der Waals surface area contributed by atoms with Crippen molar-refractivity contribution in [3.8, 4) is 0 Å². The molecule has 0 saturated carbocycles. The number of para-hydroxylation sites is 1. The molecule has 2 heterocycles. The van der Waals surface area contributed by atoms with Gasteiger partial charge in [0.2, 0.25) is 0 Å². The van der Waals surface area contributed by atoms with Crippen molar-refractivity contribution in [1.29, 1.82) is 0 Å². The van der Waals surface area contributed by atoms with E-state index in [1.165, 1.54) is 28.1 Å². The average molecular weight is 524 g/mol. The van der Waals surface area contributed by atoms with Crippen molar-refractivity contribution in [2.75, 3.05) is 9.34 Å². The normalized spacial score (nSPS) is 20.4. The Morgan fingerprint density at radius 2 is 1.50 bits per heavy atom. The van der Waals surface area contributed by atoms with E-state index >= 15 is 0 Å². The third kappa shape index (κ3) is 4.84. The molecule has 1 saturated heterocycles. The predicted molar refractivity (Wildman–Crippen MR) is 164 cm³/mol. The quantitative estimate of drug-likeness (QED) is 0.179. The molecule has 0 aromatic heterocycles. The number of hydrogen-bond acceptors (Lipinski definition) is 4. The van der Waals surface area contributed by atoms with Crippen molar-refractivity contribution in [3.63, 3.8) is 0 Å². The highest BCUT2D eigenvalue weighted by atomic mass is 31.1. The van der Waals surface area contributed by atoms with Crippen LogP contribution in [0.25, 0.3) is 0 Å². The molecule has 1 fully saturated rings. The van der Waals surface area contributed by atoms with Crippen LogP contribution < -0.4 is 20.1 Å². The summed E-state index contributed by atoms with van der Waals surface area (Å²) in [5.41, 5.74) is 5.00. The third-order valence-electron chi connectivity index (χ3n) is 7.63. The average Bonchev–Trinajstić information content (AvgIpc) is 3.37. The Morgan fingerprint density at radius 1 is 0.868 bits per heavy atom. The lowest BCUT2D eigenvalue weighted by molar-refractivity contribution is 0.00578. The summed E-state index contributed by atoms with van der Waals surface area (Å²) in [4.78, 5) is 0. The van der Waals surface area contributed by atoms with Crippen LogP contribution in [0.4, 0.5) is 17.1 Å². The molecule has 0 spiro atoms. The number of rotatable bonds is 7. The fourth-order valence-corrected chi connectivity index (χ4v) is 7.40. The Morgan fingerprint density at radius 3 is 2.11 bits per heavy atom. The Hall–Kier alpha value is -2.85. The van der Waals surface area contributed by atoms with Crippen LogP contribution in [-0.2, 0) is 9.31 Å². The zero-order chi connectivity index (χ0) is 26.9. The van der Waals surface area contributed by atoms with Crippen LogP contribution in [0.3, 0.4) is 0 Å². The van der Waals surface area contributed by atoms with E-state index in [1.54, 1.807) is 0 Å². The summed E-state index contributed by atoms with van der Waals surface area (Å²) in [6.45, 7) is 12.8. The molecular formula is C32H38BN2O2P. The van der Waals surface area contributed by atoms with Crippen LogP contribution in [0, 0.1) is 0 Å². The molecule has 6 heteroatoms. The molecule has 2 aliphatic rings. The molecule has 0 radical (unpaired) electrons. The summed E-state index contributed by atoms with van der Waals surface area (Å²) in [7, 11) is -1.34. The minimum absolute atomic E-state index is 0.388. The molecule has 3 aromatic rings. The fraction of sp³-hybridized carbons (Fsp3) is 0.312. The van der Waals surface area contributed by atoms with Crippen LogP contribution >= 0.6 is 8.22 Å². The Balaban J connectivity index is 1.68. The minimum atomic E-state index is -0.933. The van der Waals surface area contributed by atoms with E-state index in [1.807, 2.05) is 0 Å². The highest BCUT2D eigenvalue weighted by Crippen LogP contribution is 2.63. The maximum absolute atomic E-state index is 6.45. The van der Waals surface area contributed by atoms with Crippen molar-refractivity contribution in [1.82, 2.24) is 0 Å². The second-order valence-electron chi connectivity index (χ2n) is 10.8. The third-order valence-corrected chi connectivity index (χ3v) is 10.0. The molecule has 38 heavy (non-hydrogen) atoms. The van der Waals surface area contributed by atoms with Crippen LogP contribution in [0.1, 0.15) is 54.4 Å². The van der Waals surface area contributed by atoms with Gasteiger partial charge in [-0.3, -0.25) is 9.34 Å². The number of hydrogen-bond donors (Lipinski definition) is 0. The summed E-state index contributed by atoms with van der Waals surface area (Å²) in [5.74, 6) is 0. The number of anilines is 3. The maximum atomic E-state index is 6.45. The molecule has 4 nitrogen and oxygen atoms in total. The lowest BCUT2D eigenvalue weighted by Crippen LogP contribution is -2.41. The topological polar surface area (TPSA) is 24.9 Å². The number of unbranched alkanes of at least 4 members (excludes halogenated alkanes) is 1. The van der Waals surface area contributed by atoms with Gasteiger partial charge in [-0.2, -0.15) is 0 Å². The SMILES string of the molecule is C/C=C(\C=C/CCC)N1c2ccc(B3OC(C)(C)C(C)(C)O3)cc2N(c2ccccc2)P1c1ccccc1. The fourth-order valence-electron chi connectivity index (χ4n) is 4.83. The maximum Gasteiger partial charge on any atom is 0.494 e. The number of allylic oxidation sites excluding steroid dienone is 3. The van der Waals surface area contributed by atoms with Crippen LogP contribution in [0.5, 0.6) is 0 Å². The summed E-state index contributed by atoms with van der Waals surface area (Å²) < 4.78 is 17.9. The van der Waals surface area contributed by atoms with Gasteiger partial charge in [-0.15, -0.1) is 0 Å². The molecule has 1 unspecified atom stereocenters. The van der Waals surface area contributed by atoms with Gasteiger partial charge in [0.15, 0.2) is 0 Å². The predicted octanol–water partition coefficient (Wildman–Crippen LogP) is 7.84. The zero-order valence-corrected chi connectivity index (χ0v) is 24.3. The first-order valence-electron chi connectivity index (χ1n) is 13.6. The monoisotopic (exact) mass is 524 g/mol. The van der Waals surface area contributed by atoms with Gasteiger partial charge in [0.05, 0.1) is 22.6 Å². The second-order valence-corrected chi connectivity index (χ2v) is 12.7. The van der Waals surface area contributed by atoms with Crippen molar-refractivity contribution in [2.45, 2.75) is 65.6 Å². The first-order valence-corrected chi connectivity index (χ1v) is 14.8. The second kappa shape index (κ2) is 10.7. The van der Waals surface area contributed by atoms with Crippen molar-refractivity contribution in [3.05, 3.63) is 103 Å². The molecular weight excluding hydrogens is 486 g/mol. The Bertz CT molecular complexity index is 1310. The van der Waals surface area contributed by atoms with E-state index in [-0.39, 0.29) is 11.2 Å². The standard InChI is InChI=1S/C32H38BN2O2P/c1-7-9-12-17-26(8-2)34-29-23-22-25(33-36-31(3,4)32(5,6)37-33)24-30(29)35(27-18-13-10-14-19-27)38(34)28-20-15-11-16-21-28/h8,10-24H,7,9H2,1-6H3/b17-12-,26-8+. The molecule has 1 atom stereocenters. The smallest absolute Gasteiger partial charge is 0.399 e. The van der Waals surface area contributed by atoms with Crippen LogP contribution in [0.2, 0.25) is 0 Å². The number of fused-ring (bicyclic) bond motifs is 1. The molecule has 196 valence electrons. The summed E-state index contributed by atoms with van der Waals surface area (Å²) >= 11 is 0. The minimum Gasteiger partial charge on any atom is -0.399 e. The highest BCUT2D eigenvalue weighted by Gasteiger charge is 2.52. The molecule has 0 N–H and O–H groups in total. The molecule has 3 aromatic carbocycles. The van der Waals surface area contributed by atoms with E-state index in [4.69, 9.17) is 9.31 Å². The Kier molecular flexibility index (Phi) is 7.55. The van der Waals surface area contributed by atoms with E-state index in [2.05, 4.69) is 148 Å². The van der Waals surface area contributed by atoms with Crippen molar-refractivity contribution >= 4 is 43.2 Å². The van der Waals surface area contributed by atoms with Gasteiger partial charge in [-0.25, -0.2) is 0 Å². The van der Waals surface area contributed by atoms with E-state index < -0.39 is 15.3 Å². The number of benzene rings is 3. The van der Waals surface area contributed by atoms with E-state index in [0.717, 1.165) is 18.3 Å². The van der Waals surface area contributed by atoms with Crippen molar-refractivity contribution < 1.29 is 9.31 Å². The van der Waals surface area contributed by atoms with Gasteiger partial charge >= 0.3 is 7.12 Å². The zero-order valence-electron chi connectivity index (χ0n) is 23.4. The first-order chi connectivity index (χ1) is 18.3. The van der Waals surface area contributed by atoms with Crippen molar-refractivity contribution in [2.24, 2.45) is 0 Å². The molecule has 5 rings (SSSR count). The van der Waals surface area contributed by atoms with Gasteiger partial charge in [0.1, 0.15) is 8.22 Å².